The van der Waals surface area contributed by atoms with Gasteiger partial charge in [-0.25, -0.2) is 0 Å². The summed E-state index contributed by atoms with van der Waals surface area (Å²) < 4.78 is 0. The zero-order valence-corrected chi connectivity index (χ0v) is 8.31. The molecule has 1 rings (SSSR count). The lowest BCUT2D eigenvalue weighted by molar-refractivity contribution is -0.118. The molecule has 0 heterocycles. The Morgan fingerprint density at radius 1 is 1.75 bits per heavy atom. The Morgan fingerprint density at radius 3 is 2.50 bits per heavy atom. The number of allylic oxidation sites excluding steroid dienone is 1. The number of ketones is 1. The standard InChI is InChI=1S/C11H18O/c1-5-11(8(2)3)7-10(12)6-9(11)4/h9H,2,5-7H2,1,3-4H3/t9-,11+/m1/s1. The summed E-state index contributed by atoms with van der Waals surface area (Å²) in [6.07, 6.45) is 2.52. The van der Waals surface area contributed by atoms with Crippen molar-refractivity contribution in [3.63, 3.8) is 0 Å². The van der Waals surface area contributed by atoms with E-state index in [0.717, 1.165) is 19.3 Å². The number of Topliss-reactive ketones (excluding diaryl/α,β-unsaturated/α-hetero) is 1. The molecule has 0 aliphatic heterocycles. The first kappa shape index (κ1) is 9.50. The van der Waals surface area contributed by atoms with Gasteiger partial charge in [-0.1, -0.05) is 26.0 Å². The van der Waals surface area contributed by atoms with Gasteiger partial charge in [0.05, 0.1) is 0 Å². The second-order valence-corrected chi connectivity index (χ2v) is 4.11. The average Bonchev–Trinajstić information content (AvgIpc) is 2.26. The van der Waals surface area contributed by atoms with Crippen LogP contribution in [-0.4, -0.2) is 5.78 Å². The molecule has 0 radical (unpaired) electrons. The Labute approximate surface area is 74.9 Å². The fraction of sp³-hybridized carbons (Fsp3) is 0.727. The van der Waals surface area contributed by atoms with Gasteiger partial charge >= 0.3 is 0 Å². The van der Waals surface area contributed by atoms with Crippen molar-refractivity contribution in [2.45, 2.75) is 40.0 Å². The smallest absolute Gasteiger partial charge is 0.134 e. The van der Waals surface area contributed by atoms with Crippen LogP contribution < -0.4 is 0 Å². The summed E-state index contributed by atoms with van der Waals surface area (Å²) in [7, 11) is 0. The molecule has 0 spiro atoms. The minimum absolute atomic E-state index is 0.122. The van der Waals surface area contributed by atoms with Crippen molar-refractivity contribution in [1.82, 2.24) is 0 Å². The third-order valence-electron chi connectivity index (χ3n) is 3.47. The largest absolute Gasteiger partial charge is 0.300 e. The topological polar surface area (TPSA) is 17.1 Å². The second-order valence-electron chi connectivity index (χ2n) is 4.11. The predicted octanol–water partition coefficient (Wildman–Crippen LogP) is 2.96. The number of rotatable bonds is 2. The number of carbonyl (C=O) groups is 1. The average molecular weight is 166 g/mol. The van der Waals surface area contributed by atoms with Gasteiger partial charge in [0.25, 0.3) is 0 Å². The monoisotopic (exact) mass is 166 g/mol. The summed E-state index contributed by atoms with van der Waals surface area (Å²) >= 11 is 0. The van der Waals surface area contributed by atoms with E-state index < -0.39 is 0 Å². The van der Waals surface area contributed by atoms with Crippen LogP contribution in [0.4, 0.5) is 0 Å². The molecule has 0 saturated heterocycles. The highest BCUT2D eigenvalue weighted by Crippen LogP contribution is 2.48. The van der Waals surface area contributed by atoms with Crippen LogP contribution in [0, 0.1) is 11.3 Å². The maximum atomic E-state index is 11.3. The van der Waals surface area contributed by atoms with Gasteiger partial charge in [-0.3, -0.25) is 4.79 Å². The molecule has 0 aromatic rings. The van der Waals surface area contributed by atoms with Crippen LogP contribution in [0.1, 0.15) is 40.0 Å². The van der Waals surface area contributed by atoms with Gasteiger partial charge in [0.1, 0.15) is 5.78 Å². The first-order chi connectivity index (χ1) is 5.53. The molecule has 2 atom stereocenters. The van der Waals surface area contributed by atoms with E-state index in [1.54, 1.807) is 0 Å². The lowest BCUT2D eigenvalue weighted by Gasteiger charge is -2.32. The molecule has 0 bridgehead atoms. The minimum Gasteiger partial charge on any atom is -0.300 e. The highest BCUT2D eigenvalue weighted by molar-refractivity contribution is 5.82. The van der Waals surface area contributed by atoms with E-state index in [2.05, 4.69) is 27.4 Å². The molecule has 1 heteroatoms. The highest BCUT2D eigenvalue weighted by Gasteiger charge is 2.43. The molecule has 1 nitrogen and oxygen atoms in total. The first-order valence-corrected chi connectivity index (χ1v) is 4.70. The molecule has 68 valence electrons. The predicted molar refractivity (Wildman–Crippen MR) is 50.9 cm³/mol. The summed E-state index contributed by atoms with van der Waals surface area (Å²) in [4.78, 5) is 11.3. The summed E-state index contributed by atoms with van der Waals surface area (Å²) in [6, 6.07) is 0. The zero-order valence-electron chi connectivity index (χ0n) is 8.31. The Bertz CT molecular complexity index is 217. The molecule has 1 aliphatic rings. The van der Waals surface area contributed by atoms with Crippen LogP contribution in [-0.2, 0) is 4.79 Å². The van der Waals surface area contributed by atoms with Crippen molar-refractivity contribution in [3.8, 4) is 0 Å². The summed E-state index contributed by atoms with van der Waals surface area (Å²) in [5.41, 5.74) is 1.31. The quantitative estimate of drug-likeness (QED) is 0.576. The molecular weight excluding hydrogens is 148 g/mol. The minimum atomic E-state index is 0.122. The fourth-order valence-electron chi connectivity index (χ4n) is 2.48. The van der Waals surface area contributed by atoms with Crippen molar-refractivity contribution in [2.75, 3.05) is 0 Å². The molecule has 0 aromatic carbocycles. The molecule has 1 saturated carbocycles. The van der Waals surface area contributed by atoms with Crippen molar-refractivity contribution >= 4 is 5.78 Å². The van der Waals surface area contributed by atoms with Crippen molar-refractivity contribution in [1.29, 1.82) is 0 Å². The van der Waals surface area contributed by atoms with E-state index in [0.29, 0.717) is 11.7 Å². The fourth-order valence-corrected chi connectivity index (χ4v) is 2.48. The maximum Gasteiger partial charge on any atom is 0.134 e. The van der Waals surface area contributed by atoms with Crippen LogP contribution in [0.15, 0.2) is 12.2 Å². The lowest BCUT2D eigenvalue weighted by atomic mass is 9.72. The number of hydrogen-bond acceptors (Lipinski definition) is 1. The van der Waals surface area contributed by atoms with Gasteiger partial charge in [-0.2, -0.15) is 0 Å². The molecule has 0 amide bonds. The van der Waals surface area contributed by atoms with Crippen LogP contribution in [0.25, 0.3) is 0 Å². The molecular formula is C11H18O. The van der Waals surface area contributed by atoms with Crippen molar-refractivity contribution in [2.24, 2.45) is 11.3 Å². The molecule has 0 N–H and O–H groups in total. The van der Waals surface area contributed by atoms with Crippen molar-refractivity contribution in [3.05, 3.63) is 12.2 Å². The van der Waals surface area contributed by atoms with Gasteiger partial charge in [-0.15, -0.1) is 0 Å². The highest BCUT2D eigenvalue weighted by atomic mass is 16.1. The van der Waals surface area contributed by atoms with E-state index in [9.17, 15) is 4.79 Å². The van der Waals surface area contributed by atoms with Crippen LogP contribution in [0.3, 0.4) is 0 Å². The molecule has 12 heavy (non-hydrogen) atoms. The molecule has 0 aromatic heterocycles. The summed E-state index contributed by atoms with van der Waals surface area (Å²) in [6.45, 7) is 10.4. The second kappa shape index (κ2) is 3.04. The van der Waals surface area contributed by atoms with Crippen molar-refractivity contribution < 1.29 is 4.79 Å². The van der Waals surface area contributed by atoms with Gasteiger partial charge in [-0.05, 0) is 19.3 Å². The molecule has 1 fully saturated rings. The van der Waals surface area contributed by atoms with Gasteiger partial charge in [0.2, 0.25) is 0 Å². The van der Waals surface area contributed by atoms with Gasteiger partial charge in [0.15, 0.2) is 0 Å². The van der Waals surface area contributed by atoms with E-state index >= 15 is 0 Å². The van der Waals surface area contributed by atoms with E-state index in [4.69, 9.17) is 0 Å². The first-order valence-electron chi connectivity index (χ1n) is 4.70. The van der Waals surface area contributed by atoms with Crippen LogP contribution in [0.5, 0.6) is 0 Å². The Kier molecular flexibility index (Phi) is 2.41. The van der Waals surface area contributed by atoms with E-state index in [-0.39, 0.29) is 5.41 Å². The Balaban J connectivity index is 2.94. The lowest BCUT2D eigenvalue weighted by Crippen LogP contribution is -2.23. The zero-order chi connectivity index (χ0) is 9.35. The van der Waals surface area contributed by atoms with Crippen LogP contribution >= 0.6 is 0 Å². The van der Waals surface area contributed by atoms with Gasteiger partial charge in [0, 0.05) is 18.3 Å². The third kappa shape index (κ3) is 1.21. The van der Waals surface area contributed by atoms with E-state index in [1.165, 1.54) is 5.57 Å². The SMILES string of the molecule is C=C(C)[C@]1(CC)CC(=O)C[C@H]1C. The van der Waals surface area contributed by atoms with E-state index in [1.807, 2.05) is 0 Å². The molecule has 0 unspecified atom stereocenters. The van der Waals surface area contributed by atoms with Crippen LogP contribution in [0.2, 0.25) is 0 Å². The number of hydrogen-bond donors (Lipinski definition) is 0. The Hall–Kier alpha value is -0.590. The number of carbonyl (C=O) groups excluding carboxylic acids is 1. The maximum absolute atomic E-state index is 11.3. The normalized spacial score (nSPS) is 35.6. The summed E-state index contributed by atoms with van der Waals surface area (Å²) in [5, 5.41) is 0. The third-order valence-corrected chi connectivity index (χ3v) is 3.47. The van der Waals surface area contributed by atoms with Gasteiger partial charge < -0.3 is 0 Å². The summed E-state index contributed by atoms with van der Waals surface area (Å²) in [5.74, 6) is 0.903. The molecule has 1 aliphatic carbocycles. The Morgan fingerprint density at radius 2 is 2.33 bits per heavy atom.